The third-order valence-electron chi connectivity index (χ3n) is 9.74. The summed E-state index contributed by atoms with van der Waals surface area (Å²) < 4.78 is 0. The number of aromatic amines is 1. The maximum atomic E-state index is 13.6. The van der Waals surface area contributed by atoms with Gasteiger partial charge in [-0.15, -0.1) is 0 Å². The molecule has 1 fully saturated rings. The second-order valence-electron chi connectivity index (χ2n) is 13.3. The molecule has 0 spiro atoms. The van der Waals surface area contributed by atoms with Crippen LogP contribution in [0.5, 0.6) is 0 Å². The smallest absolute Gasteiger partial charge is 0.291 e. The molecule has 0 unspecified atom stereocenters. The second kappa shape index (κ2) is 14.1. The first-order chi connectivity index (χ1) is 24.2. The number of piperidine rings is 1. The molecule has 0 atom stereocenters. The zero-order chi connectivity index (χ0) is 34.8. The molecule has 11 nitrogen and oxygen atoms in total. The molecule has 3 aromatic carbocycles. The summed E-state index contributed by atoms with van der Waals surface area (Å²) in [5, 5.41) is 9.38. The molecule has 3 heterocycles. The van der Waals surface area contributed by atoms with Crippen molar-refractivity contribution in [2.24, 2.45) is 0 Å². The van der Waals surface area contributed by atoms with Crippen molar-refractivity contribution in [3.8, 4) is 0 Å². The topological polar surface area (TPSA) is 126 Å². The number of H-pyrrole nitrogens is 1. The van der Waals surface area contributed by atoms with E-state index in [0.29, 0.717) is 35.2 Å². The van der Waals surface area contributed by atoms with Crippen LogP contribution in [-0.2, 0) is 16.0 Å². The van der Waals surface area contributed by atoms with Crippen LogP contribution in [0.1, 0.15) is 52.4 Å². The predicted octanol–water partition coefficient (Wildman–Crippen LogP) is 5.54. The minimum atomic E-state index is -0.347. The van der Waals surface area contributed by atoms with Gasteiger partial charge in [-0.2, -0.15) is 0 Å². The number of rotatable bonds is 9. The molecule has 4 N–H and O–H groups in total. The van der Waals surface area contributed by atoms with E-state index >= 15 is 0 Å². The Hall–Kier alpha value is -5.52. The molecule has 3 aliphatic rings. The predicted molar refractivity (Wildman–Crippen MR) is 199 cm³/mol. The van der Waals surface area contributed by atoms with E-state index in [1.165, 1.54) is 0 Å². The van der Waals surface area contributed by atoms with E-state index in [2.05, 4.69) is 55.9 Å². The summed E-state index contributed by atoms with van der Waals surface area (Å²) in [4.78, 5) is 53.5. The largest absolute Gasteiger partial charge is 0.354 e. The van der Waals surface area contributed by atoms with Crippen LogP contribution >= 0.6 is 0 Å². The first-order valence-corrected chi connectivity index (χ1v) is 17.1. The number of anilines is 4. The van der Waals surface area contributed by atoms with E-state index in [9.17, 15) is 14.4 Å². The van der Waals surface area contributed by atoms with Crippen LogP contribution in [0.4, 0.5) is 22.7 Å². The first-order valence-electron chi connectivity index (χ1n) is 17.1. The molecule has 256 valence electrons. The third-order valence-corrected chi connectivity index (χ3v) is 9.74. The minimum Gasteiger partial charge on any atom is -0.354 e. The highest BCUT2D eigenvalue weighted by molar-refractivity contribution is 6.37. The highest BCUT2D eigenvalue weighted by Gasteiger charge is 2.29. The normalized spacial score (nSPS) is 16.8. The van der Waals surface area contributed by atoms with Crippen molar-refractivity contribution >= 4 is 57.8 Å². The Kier molecular flexibility index (Phi) is 9.34. The summed E-state index contributed by atoms with van der Waals surface area (Å²) in [5.41, 5.74) is 7.15. The Balaban J connectivity index is 1.08. The van der Waals surface area contributed by atoms with Crippen LogP contribution in [-0.4, -0.2) is 84.3 Å². The number of hydrogen-bond acceptors (Lipinski definition) is 7. The average Bonchev–Trinajstić information content (AvgIpc) is 3.71. The molecule has 50 heavy (non-hydrogen) atoms. The van der Waals surface area contributed by atoms with E-state index in [1.54, 1.807) is 17.0 Å². The molecular weight excluding hydrogens is 628 g/mol. The number of hydrogen-bond donors (Lipinski definition) is 4. The Morgan fingerprint density at radius 2 is 1.68 bits per heavy atom. The van der Waals surface area contributed by atoms with Crippen LogP contribution in [0.3, 0.4) is 0 Å². The summed E-state index contributed by atoms with van der Waals surface area (Å²) in [6, 6.07) is 23.3. The van der Waals surface area contributed by atoms with Crippen LogP contribution in [0.15, 0.2) is 78.9 Å². The molecule has 1 saturated heterocycles. The number of benzene rings is 3. The summed E-state index contributed by atoms with van der Waals surface area (Å²) in [7, 11) is 6.04. The molecule has 0 saturated carbocycles. The van der Waals surface area contributed by atoms with Gasteiger partial charge in [0.2, 0.25) is 5.91 Å². The number of nitrogens with one attached hydrogen (secondary N) is 4. The van der Waals surface area contributed by atoms with Crippen LogP contribution in [0.2, 0.25) is 0 Å². The SMILES string of the molecule is CN(C(=O)CN1CCC(N(C)C)CC1)c1ccc(N/C(=C2\C(=O)Nc3cc(NC(=O)c4nc5c([nH]4)C=CCC5)ccc32)c2ccccc2)cc1. The second-order valence-corrected chi connectivity index (χ2v) is 13.3. The van der Waals surface area contributed by atoms with Gasteiger partial charge in [0.25, 0.3) is 11.8 Å². The number of fused-ring (bicyclic) bond motifs is 2. The van der Waals surface area contributed by atoms with Gasteiger partial charge in [0, 0.05) is 48.8 Å². The molecule has 1 aromatic heterocycles. The fraction of sp³-hybridized carbons (Fsp3) is 0.282. The van der Waals surface area contributed by atoms with Gasteiger partial charge in [0.15, 0.2) is 5.82 Å². The van der Waals surface area contributed by atoms with Crippen molar-refractivity contribution < 1.29 is 14.4 Å². The zero-order valence-electron chi connectivity index (χ0n) is 28.6. The zero-order valence-corrected chi connectivity index (χ0v) is 28.6. The van der Waals surface area contributed by atoms with E-state index in [-0.39, 0.29) is 23.5 Å². The highest BCUT2D eigenvalue weighted by Crippen LogP contribution is 2.39. The van der Waals surface area contributed by atoms with E-state index < -0.39 is 0 Å². The maximum Gasteiger partial charge on any atom is 0.291 e. The lowest BCUT2D eigenvalue weighted by atomic mass is 9.99. The molecule has 0 radical (unpaired) electrons. The van der Waals surface area contributed by atoms with Crippen LogP contribution in [0, 0.1) is 0 Å². The fourth-order valence-corrected chi connectivity index (χ4v) is 6.80. The van der Waals surface area contributed by atoms with Crippen molar-refractivity contribution in [3.05, 3.63) is 107 Å². The lowest BCUT2D eigenvalue weighted by Crippen LogP contribution is -2.46. The lowest BCUT2D eigenvalue weighted by Gasteiger charge is -2.35. The number of carbonyl (C=O) groups is 3. The van der Waals surface area contributed by atoms with E-state index in [1.807, 2.05) is 73.8 Å². The van der Waals surface area contributed by atoms with Crippen LogP contribution in [0.25, 0.3) is 17.3 Å². The molecule has 2 aliphatic heterocycles. The Labute approximate surface area is 292 Å². The number of amides is 3. The number of nitrogens with zero attached hydrogens (tertiary/aromatic N) is 4. The Morgan fingerprint density at radius 1 is 0.940 bits per heavy atom. The molecule has 7 rings (SSSR count). The molecule has 3 amide bonds. The average molecular weight is 671 g/mol. The molecule has 0 bridgehead atoms. The highest BCUT2D eigenvalue weighted by atomic mass is 16.2. The van der Waals surface area contributed by atoms with Gasteiger partial charge >= 0.3 is 0 Å². The maximum absolute atomic E-state index is 13.6. The summed E-state index contributed by atoms with van der Waals surface area (Å²) in [6.07, 6.45) is 7.84. The van der Waals surface area contributed by atoms with Gasteiger partial charge in [-0.25, -0.2) is 4.98 Å². The number of carbonyl (C=O) groups excluding carboxylic acids is 3. The number of imidazole rings is 1. The van der Waals surface area contributed by atoms with Gasteiger partial charge in [-0.05, 0) is 93.9 Å². The molecule has 1 aliphatic carbocycles. The van der Waals surface area contributed by atoms with Crippen LogP contribution < -0.4 is 20.9 Å². The van der Waals surface area contributed by atoms with Crippen molar-refractivity contribution in [2.75, 3.05) is 61.6 Å². The number of allylic oxidation sites excluding steroid dienone is 1. The Morgan fingerprint density at radius 3 is 2.40 bits per heavy atom. The van der Waals surface area contributed by atoms with Gasteiger partial charge in [0.1, 0.15) is 0 Å². The fourth-order valence-electron chi connectivity index (χ4n) is 6.80. The first kappa shape index (κ1) is 33.0. The van der Waals surface area contributed by atoms with Gasteiger partial charge < -0.3 is 30.7 Å². The van der Waals surface area contributed by atoms with Crippen molar-refractivity contribution in [1.82, 2.24) is 19.8 Å². The monoisotopic (exact) mass is 670 g/mol. The molecule has 4 aromatic rings. The van der Waals surface area contributed by atoms with Crippen molar-refractivity contribution in [2.45, 2.75) is 31.7 Å². The van der Waals surface area contributed by atoms with E-state index in [4.69, 9.17) is 0 Å². The van der Waals surface area contributed by atoms with E-state index in [0.717, 1.165) is 72.7 Å². The summed E-state index contributed by atoms with van der Waals surface area (Å²) in [6.45, 7) is 2.22. The lowest BCUT2D eigenvalue weighted by molar-refractivity contribution is -0.119. The number of likely N-dealkylation sites (tertiary alicyclic amines) is 1. The van der Waals surface area contributed by atoms with Gasteiger partial charge in [-0.1, -0.05) is 36.4 Å². The summed E-state index contributed by atoms with van der Waals surface area (Å²) in [5.74, 6) is -0.294. The number of aromatic nitrogens is 2. The van der Waals surface area contributed by atoms with Gasteiger partial charge in [-0.3, -0.25) is 19.3 Å². The summed E-state index contributed by atoms with van der Waals surface area (Å²) >= 11 is 0. The standard InChI is InChI=1S/C39H42N8O3/c1-45(2)28-19-21-47(22-20-28)24-34(48)46(3)29-16-13-26(14-17-29)40-36(25-9-5-4-6-10-25)35-30-18-15-27(23-33(30)44-38(35)49)41-39(50)37-42-31-11-7-8-12-32(31)43-37/h4-7,9-11,13-18,23,28,40H,8,12,19-22,24H2,1-3H3,(H,41,50)(H,42,43)(H,44,49)/b36-35-. The third kappa shape index (κ3) is 6.96. The number of likely N-dealkylation sites (N-methyl/N-ethyl adjacent to an activating group) is 1. The number of aryl methyl sites for hydroxylation is 1. The molecular formula is C39H42N8O3. The minimum absolute atomic E-state index is 0.0522. The quantitative estimate of drug-likeness (QED) is 0.172. The van der Waals surface area contributed by atoms with Crippen molar-refractivity contribution in [3.63, 3.8) is 0 Å². The van der Waals surface area contributed by atoms with Gasteiger partial charge in [0.05, 0.1) is 34.9 Å². The Bertz CT molecular complexity index is 1970. The molecule has 11 heteroatoms. The van der Waals surface area contributed by atoms with Crippen molar-refractivity contribution in [1.29, 1.82) is 0 Å².